The number of fused-ring (bicyclic) bond motifs is 2. The zero-order chi connectivity index (χ0) is 21.9. The van der Waals surface area contributed by atoms with E-state index in [2.05, 4.69) is 36.1 Å². The molecule has 1 aliphatic heterocycles. The van der Waals surface area contributed by atoms with Gasteiger partial charge >= 0.3 is 0 Å². The lowest BCUT2D eigenvalue weighted by atomic mass is 10.0. The Morgan fingerprint density at radius 3 is 2.81 bits per heavy atom. The molecule has 8 heteroatoms. The first-order chi connectivity index (χ1) is 15.7. The molecule has 0 aliphatic carbocycles. The van der Waals surface area contributed by atoms with Gasteiger partial charge in [-0.15, -0.1) is 0 Å². The van der Waals surface area contributed by atoms with Gasteiger partial charge in [0.1, 0.15) is 16.8 Å². The van der Waals surface area contributed by atoms with Crippen LogP contribution in [-0.2, 0) is 6.54 Å². The summed E-state index contributed by atoms with van der Waals surface area (Å²) < 4.78 is 13.9. The number of ether oxygens (including phenoxy) is 1. The van der Waals surface area contributed by atoms with E-state index < -0.39 is 6.10 Å². The zero-order valence-corrected chi connectivity index (χ0v) is 18.9. The van der Waals surface area contributed by atoms with Crippen molar-refractivity contribution in [2.75, 3.05) is 26.7 Å². The topological polar surface area (TPSA) is 83.4 Å². The quantitative estimate of drug-likeness (QED) is 0.446. The number of nitrogens with zero attached hydrogens (tertiary/aromatic N) is 4. The number of hydrogen-bond donors (Lipinski definition) is 2. The summed E-state index contributed by atoms with van der Waals surface area (Å²) in [6, 6.07) is 14.6. The first-order valence-electron chi connectivity index (χ1n) is 11.0. The number of β-amino-alcohol motifs (C(OH)–C–C–N with tert-alkyl or cyclic N) is 1. The Bertz CT molecular complexity index is 1210. The average Bonchev–Trinajstić information content (AvgIpc) is 3.31. The SMILES string of the molecule is COc1cnc2cccc(C(O)CN3CCC(NCc4ccc5nsnc5c4)CC3)c2c1. The molecule has 0 radical (unpaired) electrons. The molecule has 0 spiro atoms. The molecule has 2 N–H and O–H groups in total. The molecule has 1 atom stereocenters. The van der Waals surface area contributed by atoms with Crippen molar-refractivity contribution in [3.05, 3.63) is 59.8 Å². The Balaban J connectivity index is 1.16. The monoisotopic (exact) mass is 449 g/mol. The third-order valence-electron chi connectivity index (χ3n) is 6.26. The maximum atomic E-state index is 11.0. The molecule has 0 bridgehead atoms. The van der Waals surface area contributed by atoms with Gasteiger partial charge in [0, 0.05) is 24.5 Å². The zero-order valence-electron chi connectivity index (χ0n) is 18.1. The summed E-state index contributed by atoms with van der Waals surface area (Å²) in [5.74, 6) is 0.703. The maximum absolute atomic E-state index is 11.0. The fraction of sp³-hybridized carbons (Fsp3) is 0.375. The van der Waals surface area contributed by atoms with Crippen LogP contribution in [0.15, 0.2) is 48.7 Å². The van der Waals surface area contributed by atoms with Crippen LogP contribution in [0.5, 0.6) is 5.75 Å². The summed E-state index contributed by atoms with van der Waals surface area (Å²) in [4.78, 5) is 6.80. The number of methoxy groups -OCH3 is 1. The van der Waals surface area contributed by atoms with Gasteiger partial charge in [0.05, 0.1) is 36.7 Å². The van der Waals surface area contributed by atoms with Gasteiger partial charge in [0.25, 0.3) is 0 Å². The van der Waals surface area contributed by atoms with Crippen molar-refractivity contribution >= 4 is 33.7 Å². The van der Waals surface area contributed by atoms with Crippen molar-refractivity contribution in [1.82, 2.24) is 23.9 Å². The fourth-order valence-electron chi connectivity index (χ4n) is 4.42. The van der Waals surface area contributed by atoms with Gasteiger partial charge in [0.15, 0.2) is 0 Å². The highest BCUT2D eigenvalue weighted by atomic mass is 32.1. The van der Waals surface area contributed by atoms with E-state index in [1.54, 1.807) is 13.3 Å². The summed E-state index contributed by atoms with van der Waals surface area (Å²) >= 11 is 1.26. The van der Waals surface area contributed by atoms with E-state index >= 15 is 0 Å². The number of aliphatic hydroxyl groups is 1. The molecule has 4 aromatic rings. The van der Waals surface area contributed by atoms with Crippen LogP contribution in [0.2, 0.25) is 0 Å². The summed E-state index contributed by atoms with van der Waals surface area (Å²) in [5.41, 5.74) is 4.95. The van der Waals surface area contributed by atoms with Crippen molar-refractivity contribution in [1.29, 1.82) is 0 Å². The van der Waals surface area contributed by atoms with E-state index in [4.69, 9.17) is 4.74 Å². The van der Waals surface area contributed by atoms with Crippen molar-refractivity contribution in [2.45, 2.75) is 31.5 Å². The molecule has 1 fully saturated rings. The van der Waals surface area contributed by atoms with Crippen LogP contribution in [0.4, 0.5) is 0 Å². The third-order valence-corrected chi connectivity index (χ3v) is 6.82. The van der Waals surface area contributed by atoms with Gasteiger partial charge in [-0.1, -0.05) is 18.2 Å². The molecule has 5 rings (SSSR count). The van der Waals surface area contributed by atoms with Crippen molar-refractivity contribution < 1.29 is 9.84 Å². The minimum absolute atomic E-state index is 0.485. The predicted molar refractivity (Wildman–Crippen MR) is 127 cm³/mol. The number of likely N-dealkylation sites (tertiary alicyclic amines) is 1. The van der Waals surface area contributed by atoms with Crippen LogP contribution in [0.25, 0.3) is 21.9 Å². The molecule has 1 aliphatic rings. The smallest absolute Gasteiger partial charge is 0.137 e. The molecule has 1 saturated heterocycles. The predicted octanol–water partition coefficient (Wildman–Crippen LogP) is 3.54. The average molecular weight is 450 g/mol. The van der Waals surface area contributed by atoms with E-state index in [0.717, 1.165) is 60.0 Å². The highest BCUT2D eigenvalue weighted by Crippen LogP contribution is 2.27. The lowest BCUT2D eigenvalue weighted by molar-refractivity contribution is 0.0949. The second kappa shape index (κ2) is 9.46. The summed E-state index contributed by atoms with van der Waals surface area (Å²) in [5, 5.41) is 15.6. The number of pyridine rings is 1. The molecule has 2 aromatic heterocycles. The first kappa shape index (κ1) is 21.2. The van der Waals surface area contributed by atoms with Crippen molar-refractivity contribution in [3.8, 4) is 5.75 Å². The Kier molecular flexibility index (Phi) is 6.27. The van der Waals surface area contributed by atoms with Gasteiger partial charge in [-0.25, -0.2) is 0 Å². The van der Waals surface area contributed by atoms with E-state index in [9.17, 15) is 5.11 Å². The Labute approximate surface area is 191 Å². The Morgan fingerprint density at radius 2 is 1.97 bits per heavy atom. The van der Waals surface area contributed by atoms with Crippen LogP contribution in [0.3, 0.4) is 0 Å². The lowest BCUT2D eigenvalue weighted by Gasteiger charge is -2.33. The number of rotatable bonds is 7. The number of aliphatic hydroxyl groups excluding tert-OH is 1. The number of nitrogens with one attached hydrogen (secondary N) is 1. The van der Waals surface area contributed by atoms with Gasteiger partial charge in [-0.2, -0.15) is 8.75 Å². The van der Waals surface area contributed by atoms with Crippen LogP contribution in [-0.4, -0.2) is 56.5 Å². The molecular formula is C24H27N5O2S. The summed E-state index contributed by atoms with van der Waals surface area (Å²) in [6.45, 7) is 3.40. The van der Waals surface area contributed by atoms with Gasteiger partial charge in [-0.3, -0.25) is 4.98 Å². The van der Waals surface area contributed by atoms with Gasteiger partial charge in [0.2, 0.25) is 0 Å². The standard InChI is InChI=1S/C24H27N5O2S/c1-31-18-12-20-19(3-2-4-21(20)26-14-18)24(30)15-29-9-7-17(8-10-29)25-13-16-5-6-22-23(11-16)28-32-27-22/h2-6,11-12,14,17,24-25,30H,7-10,13,15H2,1H3. The number of hydrogen-bond acceptors (Lipinski definition) is 8. The molecule has 166 valence electrons. The molecule has 2 aromatic carbocycles. The van der Waals surface area contributed by atoms with E-state index in [-0.39, 0.29) is 0 Å². The van der Waals surface area contributed by atoms with Crippen LogP contribution < -0.4 is 10.1 Å². The van der Waals surface area contributed by atoms with Gasteiger partial charge in [-0.05, 0) is 61.3 Å². The first-order valence-corrected chi connectivity index (χ1v) is 11.7. The molecule has 7 nitrogen and oxygen atoms in total. The second-order valence-corrected chi connectivity index (χ2v) is 8.88. The Morgan fingerprint density at radius 1 is 1.12 bits per heavy atom. The molecule has 0 saturated carbocycles. The maximum Gasteiger partial charge on any atom is 0.137 e. The molecule has 0 amide bonds. The minimum Gasteiger partial charge on any atom is -0.495 e. The number of aromatic nitrogens is 3. The highest BCUT2D eigenvalue weighted by molar-refractivity contribution is 7.00. The van der Waals surface area contributed by atoms with Crippen molar-refractivity contribution in [2.24, 2.45) is 0 Å². The van der Waals surface area contributed by atoms with Gasteiger partial charge < -0.3 is 20.1 Å². The number of piperidine rings is 1. The molecule has 1 unspecified atom stereocenters. The van der Waals surface area contributed by atoms with E-state index in [1.165, 1.54) is 17.3 Å². The summed E-state index contributed by atoms with van der Waals surface area (Å²) in [7, 11) is 1.63. The minimum atomic E-state index is -0.560. The normalized spacial score (nSPS) is 16.6. The van der Waals surface area contributed by atoms with Crippen LogP contribution >= 0.6 is 11.7 Å². The highest BCUT2D eigenvalue weighted by Gasteiger charge is 2.22. The van der Waals surface area contributed by atoms with Crippen LogP contribution in [0.1, 0.15) is 30.1 Å². The molecule has 3 heterocycles. The van der Waals surface area contributed by atoms with E-state index in [1.807, 2.05) is 30.3 Å². The third kappa shape index (κ3) is 4.59. The number of benzene rings is 2. The lowest BCUT2D eigenvalue weighted by Crippen LogP contribution is -2.43. The Hall–Kier alpha value is -2.65. The largest absolute Gasteiger partial charge is 0.495 e. The fourth-order valence-corrected chi connectivity index (χ4v) is 4.93. The molecule has 32 heavy (non-hydrogen) atoms. The van der Waals surface area contributed by atoms with Crippen molar-refractivity contribution in [3.63, 3.8) is 0 Å². The second-order valence-electron chi connectivity index (χ2n) is 8.35. The molecular weight excluding hydrogens is 422 g/mol. The van der Waals surface area contributed by atoms with Crippen LogP contribution in [0, 0.1) is 0 Å². The summed E-state index contributed by atoms with van der Waals surface area (Å²) in [6.07, 6.45) is 3.29. The van der Waals surface area contributed by atoms with E-state index in [0.29, 0.717) is 18.3 Å².